The first-order valence-corrected chi connectivity index (χ1v) is 6.66. The van der Waals surface area contributed by atoms with Gasteiger partial charge in [0.25, 0.3) is 5.91 Å². The number of rotatable bonds is 6. The van der Waals surface area contributed by atoms with Gasteiger partial charge in [0.2, 0.25) is 0 Å². The number of hydrogen-bond acceptors (Lipinski definition) is 3. The number of carboxylic acids is 1. The van der Waals surface area contributed by atoms with Crippen LogP contribution >= 0.6 is 15.9 Å². The Kier molecular flexibility index (Phi) is 4.94. The van der Waals surface area contributed by atoms with Gasteiger partial charge in [0.1, 0.15) is 0 Å². The Bertz CT molecular complexity index is 505. The minimum atomic E-state index is -0.892. The number of hydrogen-bond donors (Lipinski definition) is 3. The van der Waals surface area contributed by atoms with Gasteiger partial charge in [-0.15, -0.1) is 0 Å². The van der Waals surface area contributed by atoms with Crippen molar-refractivity contribution < 1.29 is 14.7 Å². The molecule has 0 fully saturated rings. The van der Waals surface area contributed by atoms with E-state index >= 15 is 0 Å². The Morgan fingerprint density at radius 1 is 1.47 bits per heavy atom. The number of benzene rings is 1. The fourth-order valence-corrected chi connectivity index (χ4v) is 1.88. The van der Waals surface area contributed by atoms with Crippen LogP contribution in [0.3, 0.4) is 0 Å². The van der Waals surface area contributed by atoms with Crippen molar-refractivity contribution in [2.45, 2.75) is 20.3 Å². The van der Waals surface area contributed by atoms with E-state index < -0.39 is 17.3 Å². The van der Waals surface area contributed by atoms with Crippen LogP contribution in [0.2, 0.25) is 0 Å². The summed E-state index contributed by atoms with van der Waals surface area (Å²) in [5.41, 5.74) is 5.26. The highest BCUT2D eigenvalue weighted by atomic mass is 79.9. The highest BCUT2D eigenvalue weighted by molar-refractivity contribution is 9.10. The summed E-state index contributed by atoms with van der Waals surface area (Å²) >= 11 is 3.30. The number of halogens is 1. The number of carbonyl (C=O) groups is 2. The van der Waals surface area contributed by atoms with Gasteiger partial charge in [-0.2, -0.15) is 0 Å². The van der Waals surface area contributed by atoms with Crippen LogP contribution in [-0.4, -0.2) is 23.5 Å². The molecule has 0 aliphatic carbocycles. The van der Waals surface area contributed by atoms with Gasteiger partial charge in [-0.1, -0.05) is 22.9 Å². The number of carbonyl (C=O) groups excluding carboxylic acids is 1. The van der Waals surface area contributed by atoms with E-state index in [2.05, 4.69) is 21.2 Å². The van der Waals surface area contributed by atoms with Crippen LogP contribution in [0.15, 0.2) is 22.7 Å². The average molecular weight is 329 g/mol. The number of primary amides is 1. The molecule has 0 spiro atoms. The van der Waals surface area contributed by atoms with Crippen molar-refractivity contribution in [3.05, 3.63) is 28.2 Å². The largest absolute Gasteiger partial charge is 0.481 e. The zero-order chi connectivity index (χ0) is 14.6. The van der Waals surface area contributed by atoms with Crippen molar-refractivity contribution in [1.29, 1.82) is 0 Å². The molecule has 0 saturated carbocycles. The SMILES string of the molecule is CCC(C)(CNc1cc(Br)ccc1C(N)=O)C(=O)O. The number of anilines is 1. The third-order valence-corrected chi connectivity index (χ3v) is 3.71. The quantitative estimate of drug-likeness (QED) is 0.747. The number of amides is 1. The second-order valence-electron chi connectivity index (χ2n) is 4.63. The fraction of sp³-hybridized carbons (Fsp3) is 0.385. The van der Waals surface area contributed by atoms with Crippen LogP contribution in [0.5, 0.6) is 0 Å². The molecule has 4 N–H and O–H groups in total. The summed E-state index contributed by atoms with van der Waals surface area (Å²) in [7, 11) is 0. The Morgan fingerprint density at radius 3 is 2.58 bits per heavy atom. The normalized spacial score (nSPS) is 13.6. The van der Waals surface area contributed by atoms with Crippen LogP contribution in [0, 0.1) is 5.41 Å². The number of aliphatic carboxylic acids is 1. The maximum absolute atomic E-state index is 11.3. The number of carboxylic acid groups (broad SMARTS) is 1. The summed E-state index contributed by atoms with van der Waals surface area (Å²) < 4.78 is 0.786. The first-order valence-electron chi connectivity index (χ1n) is 5.87. The van der Waals surface area contributed by atoms with Gasteiger partial charge in [-0.05, 0) is 31.5 Å². The molecule has 1 rings (SSSR count). The molecule has 0 saturated heterocycles. The van der Waals surface area contributed by atoms with E-state index in [9.17, 15) is 14.7 Å². The lowest BCUT2D eigenvalue weighted by Crippen LogP contribution is -2.34. The Labute approximate surface area is 120 Å². The highest BCUT2D eigenvalue weighted by Gasteiger charge is 2.31. The first-order chi connectivity index (χ1) is 8.80. The van der Waals surface area contributed by atoms with Crippen molar-refractivity contribution in [3.63, 3.8) is 0 Å². The maximum Gasteiger partial charge on any atom is 0.311 e. The molecule has 1 unspecified atom stereocenters. The summed E-state index contributed by atoms with van der Waals surface area (Å²) in [5, 5.41) is 12.2. The summed E-state index contributed by atoms with van der Waals surface area (Å²) in [4.78, 5) is 22.5. The predicted octanol–water partition coefficient (Wildman–Crippen LogP) is 2.46. The smallest absolute Gasteiger partial charge is 0.311 e. The minimum Gasteiger partial charge on any atom is -0.481 e. The van der Waals surface area contributed by atoms with E-state index in [-0.39, 0.29) is 6.54 Å². The molecule has 1 aromatic carbocycles. The van der Waals surface area contributed by atoms with Crippen molar-refractivity contribution >= 4 is 33.5 Å². The lowest BCUT2D eigenvalue weighted by atomic mass is 9.87. The first kappa shape index (κ1) is 15.5. The predicted molar refractivity (Wildman–Crippen MR) is 77.2 cm³/mol. The van der Waals surface area contributed by atoms with E-state index in [1.165, 1.54) is 0 Å². The fourth-order valence-electron chi connectivity index (χ4n) is 1.52. The number of nitrogens with one attached hydrogen (secondary N) is 1. The van der Waals surface area contributed by atoms with Crippen LogP contribution in [0.1, 0.15) is 30.6 Å². The van der Waals surface area contributed by atoms with Gasteiger partial charge < -0.3 is 16.2 Å². The Hall–Kier alpha value is -1.56. The van der Waals surface area contributed by atoms with E-state index in [0.29, 0.717) is 17.7 Å². The summed E-state index contributed by atoms with van der Waals surface area (Å²) in [6.45, 7) is 3.69. The van der Waals surface area contributed by atoms with Gasteiger partial charge in [0, 0.05) is 16.7 Å². The van der Waals surface area contributed by atoms with Gasteiger partial charge in [0.05, 0.1) is 11.0 Å². The van der Waals surface area contributed by atoms with Gasteiger partial charge in [-0.3, -0.25) is 9.59 Å². The van der Waals surface area contributed by atoms with Crippen molar-refractivity contribution in [3.8, 4) is 0 Å². The van der Waals surface area contributed by atoms with Crippen molar-refractivity contribution in [2.24, 2.45) is 11.1 Å². The van der Waals surface area contributed by atoms with Gasteiger partial charge in [0.15, 0.2) is 0 Å². The van der Waals surface area contributed by atoms with E-state index in [0.717, 1.165) is 4.47 Å². The Morgan fingerprint density at radius 2 is 2.11 bits per heavy atom. The molecule has 0 aliphatic rings. The molecule has 0 heterocycles. The molecule has 5 nitrogen and oxygen atoms in total. The standard InChI is InChI=1S/C13H17BrN2O3/c1-3-13(2,12(18)19)7-16-10-6-8(14)4-5-9(10)11(15)17/h4-6,16H,3,7H2,1-2H3,(H2,15,17)(H,18,19). The Balaban J connectivity index is 2.97. The minimum absolute atomic E-state index is 0.218. The van der Waals surface area contributed by atoms with Crippen molar-refractivity contribution in [2.75, 3.05) is 11.9 Å². The van der Waals surface area contributed by atoms with Crippen LogP contribution in [0.4, 0.5) is 5.69 Å². The van der Waals surface area contributed by atoms with E-state index in [1.54, 1.807) is 25.1 Å². The monoisotopic (exact) mass is 328 g/mol. The average Bonchev–Trinajstić information content (AvgIpc) is 2.35. The molecular formula is C13H17BrN2O3. The maximum atomic E-state index is 11.3. The molecular weight excluding hydrogens is 312 g/mol. The zero-order valence-electron chi connectivity index (χ0n) is 10.9. The third kappa shape index (κ3) is 3.70. The van der Waals surface area contributed by atoms with E-state index in [1.807, 2.05) is 6.92 Å². The topological polar surface area (TPSA) is 92.4 Å². The van der Waals surface area contributed by atoms with E-state index in [4.69, 9.17) is 5.73 Å². The molecule has 0 bridgehead atoms. The molecule has 6 heteroatoms. The van der Waals surface area contributed by atoms with Crippen LogP contribution in [-0.2, 0) is 4.79 Å². The molecule has 0 aromatic heterocycles. The molecule has 1 atom stereocenters. The third-order valence-electron chi connectivity index (χ3n) is 3.21. The second-order valence-corrected chi connectivity index (χ2v) is 5.54. The van der Waals surface area contributed by atoms with Crippen LogP contribution in [0.25, 0.3) is 0 Å². The molecule has 104 valence electrons. The lowest BCUT2D eigenvalue weighted by Gasteiger charge is -2.24. The molecule has 0 aliphatic heterocycles. The summed E-state index contributed by atoms with van der Waals surface area (Å²) in [5.74, 6) is -1.43. The highest BCUT2D eigenvalue weighted by Crippen LogP contribution is 2.25. The van der Waals surface area contributed by atoms with Crippen LogP contribution < -0.4 is 11.1 Å². The molecule has 1 aromatic rings. The van der Waals surface area contributed by atoms with Crippen molar-refractivity contribution in [1.82, 2.24) is 0 Å². The van der Waals surface area contributed by atoms with Gasteiger partial charge >= 0.3 is 5.97 Å². The summed E-state index contributed by atoms with van der Waals surface area (Å²) in [6, 6.07) is 5.01. The lowest BCUT2D eigenvalue weighted by molar-refractivity contribution is -0.147. The molecule has 19 heavy (non-hydrogen) atoms. The molecule has 1 amide bonds. The second kappa shape index (κ2) is 6.06. The number of nitrogens with two attached hydrogens (primary N) is 1. The van der Waals surface area contributed by atoms with Gasteiger partial charge in [-0.25, -0.2) is 0 Å². The molecule has 0 radical (unpaired) electrons. The summed E-state index contributed by atoms with van der Waals surface area (Å²) in [6.07, 6.45) is 0.481. The zero-order valence-corrected chi connectivity index (χ0v) is 12.5.